The van der Waals surface area contributed by atoms with Crippen molar-refractivity contribution in [3.8, 4) is 11.1 Å². The lowest BCUT2D eigenvalue weighted by Gasteiger charge is -2.08. The van der Waals surface area contributed by atoms with Crippen LogP contribution in [-0.2, 0) is 0 Å². The van der Waals surface area contributed by atoms with Crippen LogP contribution in [0, 0.1) is 6.92 Å². The molecule has 0 atom stereocenters. The fourth-order valence-electron chi connectivity index (χ4n) is 2.74. The minimum Gasteiger partial charge on any atom is -0.282 e. The van der Waals surface area contributed by atoms with Gasteiger partial charge in [0.15, 0.2) is 0 Å². The number of aromatic nitrogens is 3. The maximum atomic E-state index is 4.48. The van der Waals surface area contributed by atoms with Crippen molar-refractivity contribution >= 4 is 16.5 Å². The van der Waals surface area contributed by atoms with Gasteiger partial charge < -0.3 is 0 Å². The number of aryl methyl sites for hydroxylation is 1. The molecule has 0 unspecified atom stereocenters. The van der Waals surface area contributed by atoms with Crippen LogP contribution in [0.3, 0.4) is 0 Å². The Morgan fingerprint density at radius 2 is 2.00 bits per heavy atom. The van der Waals surface area contributed by atoms with Crippen molar-refractivity contribution in [1.82, 2.24) is 15.2 Å². The first-order valence-corrected chi connectivity index (χ1v) is 7.98. The molecule has 0 radical (unpaired) electrons. The monoisotopic (exact) mass is 317 g/mol. The quantitative estimate of drug-likeness (QED) is 0.626. The third-order valence-electron chi connectivity index (χ3n) is 3.90. The fraction of sp³-hybridized carbons (Fsp3) is 0.143. The second kappa shape index (κ2) is 6.67. The van der Waals surface area contributed by atoms with Crippen molar-refractivity contribution in [3.63, 3.8) is 0 Å². The van der Waals surface area contributed by atoms with E-state index >= 15 is 0 Å². The van der Waals surface area contributed by atoms with E-state index < -0.39 is 0 Å². The summed E-state index contributed by atoms with van der Waals surface area (Å²) in [6.07, 6.45) is 7.91. The zero-order valence-corrected chi connectivity index (χ0v) is 14.3. The standard InChI is InChI=1S/C21H21N3.H2/c1-14(2)8-7-9-15(3)21-20(16(4)23-24-21)18-12-13-22-19-11-6-5-10-17(18)19;/h5-13H,3H2,1-2,4H3,(H,23,24);1H/b9-7-;. The first-order chi connectivity index (χ1) is 11.6. The van der Waals surface area contributed by atoms with E-state index in [-0.39, 0.29) is 1.43 Å². The number of nitrogens with one attached hydrogen (secondary N) is 1. The smallest absolute Gasteiger partial charge is 0.0996 e. The second-order valence-corrected chi connectivity index (χ2v) is 6.08. The number of allylic oxidation sites excluding steroid dienone is 5. The van der Waals surface area contributed by atoms with Gasteiger partial charge in [-0.1, -0.05) is 48.6 Å². The summed E-state index contributed by atoms with van der Waals surface area (Å²) in [6.45, 7) is 10.4. The van der Waals surface area contributed by atoms with E-state index in [2.05, 4.69) is 47.8 Å². The molecule has 0 bridgehead atoms. The lowest BCUT2D eigenvalue weighted by Crippen LogP contribution is -1.89. The van der Waals surface area contributed by atoms with E-state index in [1.165, 1.54) is 5.57 Å². The highest BCUT2D eigenvalue weighted by molar-refractivity contribution is 5.98. The van der Waals surface area contributed by atoms with Crippen molar-refractivity contribution < 1.29 is 1.43 Å². The number of hydrogen-bond donors (Lipinski definition) is 1. The van der Waals surface area contributed by atoms with Crippen molar-refractivity contribution in [3.05, 3.63) is 78.3 Å². The SMILES string of the molecule is C=C(/C=C\C=C(C)C)c1n[nH]c(C)c1-c1ccnc2ccccc12.[HH]. The Morgan fingerprint density at radius 1 is 1.21 bits per heavy atom. The maximum absolute atomic E-state index is 4.48. The van der Waals surface area contributed by atoms with Crippen molar-refractivity contribution in [2.45, 2.75) is 20.8 Å². The molecular formula is C21H23N3. The number of benzene rings is 1. The molecule has 3 heteroatoms. The summed E-state index contributed by atoms with van der Waals surface area (Å²) in [7, 11) is 0. The second-order valence-electron chi connectivity index (χ2n) is 6.08. The van der Waals surface area contributed by atoms with Crippen LogP contribution in [0.4, 0.5) is 0 Å². The molecule has 2 heterocycles. The van der Waals surface area contributed by atoms with Crippen LogP contribution in [0.1, 0.15) is 26.7 Å². The number of hydrogen-bond acceptors (Lipinski definition) is 2. The molecule has 1 aromatic carbocycles. The van der Waals surface area contributed by atoms with Gasteiger partial charge in [0.1, 0.15) is 0 Å². The largest absolute Gasteiger partial charge is 0.282 e. The van der Waals surface area contributed by atoms with Crippen LogP contribution in [-0.4, -0.2) is 15.2 Å². The molecule has 2 aromatic heterocycles. The molecule has 1 N–H and O–H groups in total. The fourth-order valence-corrected chi connectivity index (χ4v) is 2.74. The van der Waals surface area contributed by atoms with Crippen LogP contribution in [0.15, 0.2) is 66.9 Å². The molecule has 0 aliphatic heterocycles. The summed E-state index contributed by atoms with van der Waals surface area (Å²) in [5, 5.41) is 8.70. The zero-order valence-electron chi connectivity index (χ0n) is 14.3. The van der Waals surface area contributed by atoms with Crippen molar-refractivity contribution in [2.75, 3.05) is 0 Å². The van der Waals surface area contributed by atoms with E-state index in [1.54, 1.807) is 0 Å². The predicted molar refractivity (Wildman–Crippen MR) is 104 cm³/mol. The molecule has 0 spiro atoms. The number of H-pyrrole nitrogens is 1. The Kier molecular flexibility index (Phi) is 4.43. The zero-order chi connectivity index (χ0) is 17.1. The lowest BCUT2D eigenvalue weighted by molar-refractivity contribution is 1.04. The van der Waals surface area contributed by atoms with E-state index in [9.17, 15) is 0 Å². The van der Waals surface area contributed by atoms with Gasteiger partial charge in [0.05, 0.1) is 11.2 Å². The van der Waals surface area contributed by atoms with Gasteiger partial charge in [0.2, 0.25) is 0 Å². The Labute approximate surface area is 143 Å². The number of para-hydroxylation sites is 1. The van der Waals surface area contributed by atoms with Gasteiger partial charge in [-0.25, -0.2) is 0 Å². The van der Waals surface area contributed by atoms with Crippen LogP contribution in [0.25, 0.3) is 27.6 Å². The minimum absolute atomic E-state index is 0. The molecular weight excluding hydrogens is 294 g/mol. The van der Waals surface area contributed by atoms with Crippen LogP contribution in [0.5, 0.6) is 0 Å². The third-order valence-corrected chi connectivity index (χ3v) is 3.90. The Balaban J connectivity index is 0.00000225. The summed E-state index contributed by atoms with van der Waals surface area (Å²) < 4.78 is 0. The molecule has 0 fully saturated rings. The van der Waals surface area contributed by atoms with Crippen molar-refractivity contribution in [2.24, 2.45) is 0 Å². The highest BCUT2D eigenvalue weighted by Gasteiger charge is 2.16. The molecule has 3 aromatic rings. The van der Waals surface area contributed by atoms with Crippen molar-refractivity contribution in [1.29, 1.82) is 0 Å². The molecule has 24 heavy (non-hydrogen) atoms. The van der Waals surface area contributed by atoms with Gasteiger partial charge in [0.25, 0.3) is 0 Å². The maximum Gasteiger partial charge on any atom is 0.0996 e. The van der Waals surface area contributed by atoms with E-state index in [1.807, 2.05) is 49.5 Å². The summed E-state index contributed by atoms with van der Waals surface area (Å²) >= 11 is 0. The first-order valence-electron chi connectivity index (χ1n) is 7.98. The number of fused-ring (bicyclic) bond motifs is 1. The highest BCUT2D eigenvalue weighted by atomic mass is 15.1. The van der Waals surface area contributed by atoms with E-state index in [0.717, 1.165) is 39.0 Å². The normalized spacial score (nSPS) is 11.1. The molecule has 0 aliphatic carbocycles. The Hall–Kier alpha value is -2.94. The number of aromatic amines is 1. The number of pyridine rings is 1. The minimum atomic E-state index is 0. The molecule has 0 saturated carbocycles. The van der Waals surface area contributed by atoms with Crippen LogP contribution < -0.4 is 0 Å². The van der Waals surface area contributed by atoms with Crippen LogP contribution >= 0.6 is 0 Å². The van der Waals surface area contributed by atoms with Gasteiger partial charge >= 0.3 is 0 Å². The van der Waals surface area contributed by atoms with Gasteiger partial charge in [0, 0.05) is 24.3 Å². The average molecular weight is 317 g/mol. The Morgan fingerprint density at radius 3 is 2.79 bits per heavy atom. The summed E-state index contributed by atoms with van der Waals surface area (Å²) in [4.78, 5) is 4.45. The molecule has 122 valence electrons. The Bertz CT molecular complexity index is 955. The first kappa shape index (κ1) is 15.9. The summed E-state index contributed by atoms with van der Waals surface area (Å²) in [5.41, 5.74) is 7.22. The van der Waals surface area contributed by atoms with Gasteiger partial charge in [-0.05, 0) is 44.0 Å². The van der Waals surface area contributed by atoms with E-state index in [4.69, 9.17) is 0 Å². The number of rotatable bonds is 4. The summed E-state index contributed by atoms with van der Waals surface area (Å²) in [6, 6.07) is 10.2. The predicted octanol–water partition coefficient (Wildman–Crippen LogP) is 5.71. The number of nitrogens with zero attached hydrogens (tertiary/aromatic N) is 2. The summed E-state index contributed by atoms with van der Waals surface area (Å²) in [5.74, 6) is 0. The third kappa shape index (κ3) is 3.06. The van der Waals surface area contributed by atoms with Gasteiger partial charge in [-0.15, -0.1) is 0 Å². The average Bonchev–Trinajstić information content (AvgIpc) is 2.95. The molecule has 0 aliphatic rings. The molecule has 0 amide bonds. The topological polar surface area (TPSA) is 41.6 Å². The molecule has 3 rings (SSSR count). The molecule has 3 nitrogen and oxygen atoms in total. The molecule has 0 saturated heterocycles. The van der Waals surface area contributed by atoms with E-state index in [0.29, 0.717) is 0 Å². The van der Waals surface area contributed by atoms with Crippen LogP contribution in [0.2, 0.25) is 0 Å². The highest BCUT2D eigenvalue weighted by Crippen LogP contribution is 2.34. The lowest BCUT2D eigenvalue weighted by atomic mass is 9.97. The van der Waals surface area contributed by atoms with Gasteiger partial charge in [-0.2, -0.15) is 5.10 Å². The van der Waals surface area contributed by atoms with Gasteiger partial charge in [-0.3, -0.25) is 10.1 Å².